The van der Waals surface area contributed by atoms with Gasteiger partial charge in [0, 0.05) is 0 Å². The molecule has 0 saturated heterocycles. The summed E-state index contributed by atoms with van der Waals surface area (Å²) in [5, 5.41) is 14.8. The van der Waals surface area contributed by atoms with Crippen molar-refractivity contribution in [2.24, 2.45) is 0 Å². The van der Waals surface area contributed by atoms with Gasteiger partial charge in [0.15, 0.2) is 0 Å². The van der Waals surface area contributed by atoms with Crippen molar-refractivity contribution in [1.29, 1.82) is 0 Å². The second-order valence-corrected chi connectivity index (χ2v) is 0.224. The van der Waals surface area contributed by atoms with Gasteiger partial charge in [0.05, 0.1) is 5.09 Å². The van der Waals surface area contributed by atoms with E-state index in [0.29, 0.717) is 0 Å². The van der Waals surface area contributed by atoms with Gasteiger partial charge in [-0.05, 0) is 0 Å². The van der Waals surface area contributed by atoms with Crippen molar-refractivity contribution in [2.45, 2.75) is 0 Å². The molecule has 3 N–H and O–H groups in total. The van der Waals surface area contributed by atoms with Gasteiger partial charge < -0.3 is 21.5 Å². The average molecular weight is 134 g/mol. The van der Waals surface area contributed by atoms with Crippen LogP contribution in [0.15, 0.2) is 0 Å². The fraction of sp³-hybridized carbons (Fsp3) is 0. The molecule has 37 valence electrons. The zero-order valence-corrected chi connectivity index (χ0v) is 3.94. The zero-order chi connectivity index (χ0) is 3.58. The van der Waals surface area contributed by atoms with Crippen LogP contribution in [-0.4, -0.2) is 5.09 Å². The van der Waals surface area contributed by atoms with Crippen LogP contribution in [0.5, 0.6) is 0 Å². The Balaban J connectivity index is -0.0000000450. The molecule has 0 aliphatic rings. The van der Waals surface area contributed by atoms with E-state index >= 15 is 0 Å². The topological polar surface area (TPSA) is 101 Å². The first-order chi connectivity index (χ1) is 1.73. The Hall–Kier alpha value is -0.321. The fourth-order valence-corrected chi connectivity index (χ4v) is 0. The molecular formula is H3MnN2O3+. The summed E-state index contributed by atoms with van der Waals surface area (Å²) in [6, 6.07) is 0. The SMILES string of the molecule is N.O=[N+]([O-])[O-].[Mn+2]. The van der Waals surface area contributed by atoms with Gasteiger partial charge >= 0.3 is 17.1 Å². The molecule has 0 rings (SSSR count). The Kier molecular flexibility index (Phi) is 25.5. The van der Waals surface area contributed by atoms with Crippen LogP contribution >= 0.6 is 0 Å². The first-order valence-corrected chi connectivity index (χ1v) is 0.548. The van der Waals surface area contributed by atoms with Crippen molar-refractivity contribution in [3.63, 3.8) is 0 Å². The minimum absolute atomic E-state index is 0. The van der Waals surface area contributed by atoms with E-state index in [4.69, 9.17) is 15.3 Å². The van der Waals surface area contributed by atoms with Crippen molar-refractivity contribution in [2.75, 3.05) is 0 Å². The maximum Gasteiger partial charge on any atom is 2.00 e. The molecule has 0 atom stereocenters. The maximum absolute atomic E-state index is 8.25. The van der Waals surface area contributed by atoms with Crippen LogP contribution in [-0.2, 0) is 17.1 Å². The quantitative estimate of drug-likeness (QED) is 0.284. The molecular weight excluding hydrogens is 131 g/mol. The predicted octanol–water partition coefficient (Wildman–Crippen LogP) is -0.0796. The Morgan fingerprint density at radius 3 is 1.33 bits per heavy atom. The Bertz CT molecular complexity index is 31.8. The number of nitrogens with zero attached hydrogens (tertiary/aromatic N) is 1. The minimum Gasteiger partial charge on any atom is -0.356 e. The van der Waals surface area contributed by atoms with Gasteiger partial charge in [-0.15, -0.1) is 0 Å². The number of rotatable bonds is 0. The summed E-state index contributed by atoms with van der Waals surface area (Å²) in [7, 11) is 0. The zero-order valence-electron chi connectivity index (χ0n) is 2.76. The van der Waals surface area contributed by atoms with Gasteiger partial charge in [0.2, 0.25) is 0 Å². The molecule has 0 spiro atoms. The van der Waals surface area contributed by atoms with Gasteiger partial charge in [-0.25, -0.2) is 0 Å². The van der Waals surface area contributed by atoms with Crippen molar-refractivity contribution >= 4 is 0 Å². The summed E-state index contributed by atoms with van der Waals surface area (Å²) in [4.78, 5) is 8.25. The van der Waals surface area contributed by atoms with Gasteiger partial charge in [-0.3, -0.25) is 0 Å². The van der Waals surface area contributed by atoms with Gasteiger partial charge in [-0.2, -0.15) is 0 Å². The van der Waals surface area contributed by atoms with Crippen LogP contribution in [0.2, 0.25) is 0 Å². The Morgan fingerprint density at radius 1 is 1.33 bits per heavy atom. The van der Waals surface area contributed by atoms with Crippen molar-refractivity contribution in [3.8, 4) is 0 Å². The molecule has 0 saturated carbocycles. The van der Waals surface area contributed by atoms with Gasteiger partial charge in [0.25, 0.3) is 0 Å². The van der Waals surface area contributed by atoms with Crippen LogP contribution in [0, 0.1) is 15.3 Å². The fourth-order valence-electron chi connectivity index (χ4n) is 0. The molecule has 0 aromatic heterocycles. The summed E-state index contributed by atoms with van der Waals surface area (Å²) in [5.74, 6) is 0. The van der Waals surface area contributed by atoms with E-state index in [9.17, 15) is 0 Å². The van der Waals surface area contributed by atoms with E-state index in [2.05, 4.69) is 0 Å². The van der Waals surface area contributed by atoms with E-state index in [0.717, 1.165) is 0 Å². The first kappa shape index (κ1) is 17.3. The minimum atomic E-state index is -1.75. The second kappa shape index (κ2) is 8.82. The van der Waals surface area contributed by atoms with E-state index in [1.165, 1.54) is 0 Å². The summed E-state index contributed by atoms with van der Waals surface area (Å²) < 4.78 is 0. The molecule has 0 aromatic carbocycles. The summed E-state index contributed by atoms with van der Waals surface area (Å²) in [6.07, 6.45) is 0. The van der Waals surface area contributed by atoms with Crippen LogP contribution in [0.1, 0.15) is 0 Å². The summed E-state index contributed by atoms with van der Waals surface area (Å²) in [5.41, 5.74) is 0. The molecule has 5 nitrogen and oxygen atoms in total. The molecule has 0 aromatic rings. The number of hydrogen-bond acceptors (Lipinski definition) is 4. The standard InChI is InChI=1S/Mn.NO3.H3N/c;2-1(3)4;/h;;1H3/q+2;-1;. The molecule has 6 heavy (non-hydrogen) atoms. The van der Waals surface area contributed by atoms with Crippen LogP contribution in [0.3, 0.4) is 0 Å². The first-order valence-electron chi connectivity index (χ1n) is 0.548. The molecule has 0 aliphatic carbocycles. The Labute approximate surface area is 44.5 Å². The molecule has 0 unspecified atom stereocenters. The van der Waals surface area contributed by atoms with Crippen molar-refractivity contribution < 1.29 is 22.2 Å². The third-order valence-corrected chi connectivity index (χ3v) is 0. The predicted molar refractivity (Wildman–Crippen MR) is 15.4 cm³/mol. The average Bonchev–Trinajstić information content (AvgIpc) is 0.811. The van der Waals surface area contributed by atoms with Gasteiger partial charge in [-0.1, -0.05) is 0 Å². The molecule has 0 aliphatic heterocycles. The van der Waals surface area contributed by atoms with E-state index in [1.807, 2.05) is 0 Å². The molecule has 6 heteroatoms. The third-order valence-electron chi connectivity index (χ3n) is 0. The molecule has 0 heterocycles. The molecule has 1 radical (unpaired) electrons. The molecule has 0 amide bonds. The smallest absolute Gasteiger partial charge is 0.356 e. The number of hydrogen-bond donors (Lipinski definition) is 1. The van der Waals surface area contributed by atoms with E-state index in [1.54, 1.807) is 0 Å². The monoisotopic (exact) mass is 134 g/mol. The molecule has 0 fully saturated rings. The molecule has 0 bridgehead atoms. The maximum atomic E-state index is 8.25. The van der Waals surface area contributed by atoms with Crippen LogP contribution in [0.25, 0.3) is 0 Å². The van der Waals surface area contributed by atoms with Crippen LogP contribution < -0.4 is 6.15 Å². The second-order valence-electron chi connectivity index (χ2n) is 0.224. The Morgan fingerprint density at radius 2 is 1.33 bits per heavy atom. The van der Waals surface area contributed by atoms with Crippen molar-refractivity contribution in [1.82, 2.24) is 6.15 Å². The van der Waals surface area contributed by atoms with E-state index in [-0.39, 0.29) is 23.2 Å². The van der Waals surface area contributed by atoms with E-state index < -0.39 is 5.09 Å². The van der Waals surface area contributed by atoms with Gasteiger partial charge in [0.1, 0.15) is 0 Å². The van der Waals surface area contributed by atoms with Crippen LogP contribution in [0.4, 0.5) is 0 Å². The summed E-state index contributed by atoms with van der Waals surface area (Å²) in [6.45, 7) is 0. The normalized spacial score (nSPS) is 4.00. The van der Waals surface area contributed by atoms with Crippen molar-refractivity contribution in [3.05, 3.63) is 15.3 Å². The largest absolute Gasteiger partial charge is 2.00 e. The summed E-state index contributed by atoms with van der Waals surface area (Å²) >= 11 is 0. The third kappa shape index (κ3) is 257.